The SMILES string of the molecule is CON1C(=O)C2C(C1=O)C1C(=O)N(OC)C(=O)C21. The van der Waals surface area contributed by atoms with E-state index >= 15 is 0 Å². The van der Waals surface area contributed by atoms with Crippen molar-refractivity contribution in [3.63, 3.8) is 0 Å². The Balaban J connectivity index is 1.97. The molecule has 0 unspecified atom stereocenters. The lowest BCUT2D eigenvalue weighted by atomic mass is 9.59. The molecule has 2 saturated heterocycles. The Hall–Kier alpha value is -1.80. The van der Waals surface area contributed by atoms with Crippen LogP contribution in [-0.4, -0.2) is 48.0 Å². The highest BCUT2D eigenvalue weighted by atomic mass is 16.7. The molecular formula is C10H10N2O6. The molecule has 4 amide bonds. The van der Waals surface area contributed by atoms with Crippen molar-refractivity contribution in [1.29, 1.82) is 0 Å². The van der Waals surface area contributed by atoms with Crippen molar-refractivity contribution in [3.8, 4) is 0 Å². The number of rotatable bonds is 2. The molecule has 0 N–H and O–H groups in total. The third-order valence-corrected chi connectivity index (χ3v) is 3.85. The lowest BCUT2D eigenvalue weighted by Crippen LogP contribution is -2.50. The van der Waals surface area contributed by atoms with Gasteiger partial charge in [-0.15, -0.1) is 0 Å². The Morgan fingerprint density at radius 1 is 0.667 bits per heavy atom. The number of carbonyl (C=O) groups excluding carboxylic acids is 4. The molecule has 0 aromatic heterocycles. The van der Waals surface area contributed by atoms with E-state index in [1.807, 2.05) is 0 Å². The van der Waals surface area contributed by atoms with E-state index in [-0.39, 0.29) is 0 Å². The van der Waals surface area contributed by atoms with E-state index < -0.39 is 47.3 Å². The third kappa shape index (κ3) is 0.982. The number of imide groups is 2. The van der Waals surface area contributed by atoms with Crippen LogP contribution in [0.15, 0.2) is 0 Å². The van der Waals surface area contributed by atoms with Crippen LogP contribution in [0.5, 0.6) is 0 Å². The van der Waals surface area contributed by atoms with Crippen molar-refractivity contribution in [2.75, 3.05) is 14.2 Å². The molecule has 0 aromatic carbocycles. The second kappa shape index (κ2) is 3.36. The summed E-state index contributed by atoms with van der Waals surface area (Å²) in [5.41, 5.74) is 0. The minimum absolute atomic E-state index is 0.562. The summed E-state index contributed by atoms with van der Waals surface area (Å²) in [5, 5.41) is 1.26. The summed E-state index contributed by atoms with van der Waals surface area (Å²) in [6.45, 7) is 0. The monoisotopic (exact) mass is 254 g/mol. The fourth-order valence-electron chi connectivity index (χ4n) is 3.10. The molecule has 96 valence electrons. The van der Waals surface area contributed by atoms with E-state index in [2.05, 4.69) is 9.68 Å². The largest absolute Gasteiger partial charge is 0.272 e. The molecule has 0 bridgehead atoms. The standard InChI is InChI=1S/C10H10N2O6/c1-17-11-7(13)3-4(8(11)14)6-5(3)9(15)12(18-2)10(6)16/h3-6H,1-2H3. The van der Waals surface area contributed by atoms with Crippen molar-refractivity contribution in [3.05, 3.63) is 0 Å². The van der Waals surface area contributed by atoms with Gasteiger partial charge in [-0.2, -0.15) is 10.1 Å². The molecule has 8 nitrogen and oxygen atoms in total. The number of hydroxylamine groups is 4. The Morgan fingerprint density at radius 2 is 0.889 bits per heavy atom. The molecule has 0 atom stereocenters. The summed E-state index contributed by atoms with van der Waals surface area (Å²) in [5.74, 6) is -5.42. The van der Waals surface area contributed by atoms with Gasteiger partial charge in [-0.3, -0.25) is 28.9 Å². The Kier molecular flexibility index (Phi) is 2.11. The molecule has 1 aliphatic carbocycles. The van der Waals surface area contributed by atoms with Crippen LogP contribution >= 0.6 is 0 Å². The van der Waals surface area contributed by atoms with Crippen LogP contribution in [0.2, 0.25) is 0 Å². The average molecular weight is 254 g/mol. The van der Waals surface area contributed by atoms with Gasteiger partial charge < -0.3 is 0 Å². The van der Waals surface area contributed by atoms with Gasteiger partial charge in [-0.25, -0.2) is 0 Å². The summed E-state index contributed by atoms with van der Waals surface area (Å²) in [6, 6.07) is 0. The number of nitrogens with zero attached hydrogens (tertiary/aromatic N) is 2. The first-order chi connectivity index (χ1) is 8.54. The summed E-state index contributed by atoms with van der Waals surface area (Å²) < 4.78 is 0. The van der Waals surface area contributed by atoms with Crippen LogP contribution in [0.4, 0.5) is 0 Å². The minimum Gasteiger partial charge on any atom is -0.272 e. The summed E-state index contributed by atoms with van der Waals surface area (Å²) >= 11 is 0. The van der Waals surface area contributed by atoms with E-state index in [1.54, 1.807) is 0 Å². The lowest BCUT2D eigenvalue weighted by Gasteiger charge is -2.35. The van der Waals surface area contributed by atoms with Crippen LogP contribution in [0, 0.1) is 23.7 Å². The highest BCUT2D eigenvalue weighted by Gasteiger charge is 2.74. The predicted molar refractivity (Wildman–Crippen MR) is 51.7 cm³/mol. The molecule has 2 heterocycles. The molecule has 0 aromatic rings. The van der Waals surface area contributed by atoms with Gasteiger partial charge >= 0.3 is 0 Å². The van der Waals surface area contributed by atoms with E-state index in [9.17, 15) is 19.2 Å². The molecule has 8 heteroatoms. The molecule has 18 heavy (non-hydrogen) atoms. The second-order valence-electron chi connectivity index (χ2n) is 4.41. The van der Waals surface area contributed by atoms with E-state index in [4.69, 9.17) is 0 Å². The minimum atomic E-state index is -0.793. The normalized spacial score (nSPS) is 38.1. The van der Waals surface area contributed by atoms with Crippen molar-refractivity contribution in [2.45, 2.75) is 0 Å². The van der Waals surface area contributed by atoms with Gasteiger partial charge in [0.15, 0.2) is 0 Å². The van der Waals surface area contributed by atoms with E-state index in [0.717, 1.165) is 0 Å². The first kappa shape index (κ1) is 11.3. The van der Waals surface area contributed by atoms with E-state index in [0.29, 0.717) is 10.1 Å². The number of hydrogen-bond donors (Lipinski definition) is 0. The van der Waals surface area contributed by atoms with Gasteiger partial charge in [0.1, 0.15) is 0 Å². The van der Waals surface area contributed by atoms with Crippen LogP contribution in [-0.2, 0) is 28.9 Å². The Labute approximate surface area is 101 Å². The van der Waals surface area contributed by atoms with Gasteiger partial charge in [0.05, 0.1) is 37.9 Å². The molecule has 3 aliphatic rings. The summed E-state index contributed by atoms with van der Waals surface area (Å²) in [4.78, 5) is 56.8. The molecule has 0 spiro atoms. The summed E-state index contributed by atoms with van der Waals surface area (Å²) in [7, 11) is 2.39. The van der Waals surface area contributed by atoms with Crippen molar-refractivity contribution in [1.82, 2.24) is 10.1 Å². The molecule has 1 saturated carbocycles. The van der Waals surface area contributed by atoms with Crippen LogP contribution in [0.1, 0.15) is 0 Å². The number of hydrogen-bond acceptors (Lipinski definition) is 6. The van der Waals surface area contributed by atoms with Crippen LogP contribution in [0.25, 0.3) is 0 Å². The van der Waals surface area contributed by atoms with Gasteiger partial charge in [0.2, 0.25) is 0 Å². The van der Waals surface area contributed by atoms with Crippen molar-refractivity contribution in [2.24, 2.45) is 23.7 Å². The van der Waals surface area contributed by atoms with Crippen molar-refractivity contribution >= 4 is 23.6 Å². The van der Waals surface area contributed by atoms with Gasteiger partial charge in [0.25, 0.3) is 23.6 Å². The topological polar surface area (TPSA) is 93.2 Å². The average Bonchev–Trinajstić information content (AvgIpc) is 2.59. The number of carbonyl (C=O) groups is 4. The number of amides is 4. The highest BCUT2D eigenvalue weighted by Crippen LogP contribution is 2.56. The third-order valence-electron chi connectivity index (χ3n) is 3.85. The Bertz CT molecular complexity index is 397. The zero-order valence-corrected chi connectivity index (χ0v) is 9.65. The Morgan fingerprint density at radius 3 is 1.06 bits per heavy atom. The quantitative estimate of drug-likeness (QED) is 0.547. The highest BCUT2D eigenvalue weighted by molar-refractivity contribution is 6.16. The zero-order chi connectivity index (χ0) is 13.2. The molecular weight excluding hydrogens is 244 g/mol. The first-order valence-corrected chi connectivity index (χ1v) is 5.38. The van der Waals surface area contributed by atoms with Crippen LogP contribution in [0.3, 0.4) is 0 Å². The fraction of sp³-hybridized carbons (Fsp3) is 0.600. The van der Waals surface area contributed by atoms with Gasteiger partial charge in [-0.1, -0.05) is 0 Å². The fourth-order valence-corrected chi connectivity index (χ4v) is 3.10. The van der Waals surface area contributed by atoms with Crippen molar-refractivity contribution < 1.29 is 28.9 Å². The molecule has 0 radical (unpaired) electrons. The second-order valence-corrected chi connectivity index (χ2v) is 4.41. The first-order valence-electron chi connectivity index (χ1n) is 5.38. The molecule has 3 fully saturated rings. The zero-order valence-electron chi connectivity index (χ0n) is 9.65. The van der Waals surface area contributed by atoms with Gasteiger partial charge in [0, 0.05) is 0 Å². The number of fused-ring (bicyclic) bond motifs is 4. The molecule has 2 aliphatic heterocycles. The maximum atomic E-state index is 11.9. The van der Waals surface area contributed by atoms with E-state index in [1.165, 1.54) is 14.2 Å². The maximum absolute atomic E-state index is 11.9. The van der Waals surface area contributed by atoms with Gasteiger partial charge in [-0.05, 0) is 0 Å². The molecule has 3 rings (SSSR count). The maximum Gasteiger partial charge on any atom is 0.258 e. The smallest absolute Gasteiger partial charge is 0.258 e. The summed E-state index contributed by atoms with van der Waals surface area (Å²) in [6.07, 6.45) is 0. The predicted octanol–water partition coefficient (Wildman–Crippen LogP) is -1.67. The lowest BCUT2D eigenvalue weighted by molar-refractivity contribution is -0.185. The van der Waals surface area contributed by atoms with Crippen LogP contribution < -0.4 is 0 Å².